The van der Waals surface area contributed by atoms with Gasteiger partial charge in [0, 0.05) is 6.04 Å². The van der Waals surface area contributed by atoms with Gasteiger partial charge in [0.05, 0.1) is 0 Å². The van der Waals surface area contributed by atoms with Gasteiger partial charge in [-0.1, -0.05) is 45.4 Å². The molecular formula is C13H27N. The molecule has 2 unspecified atom stereocenters. The molecule has 1 fully saturated rings. The third kappa shape index (κ3) is 4.00. The molecule has 1 nitrogen and oxygen atoms in total. The molecule has 0 aromatic rings. The maximum absolute atomic E-state index is 3.47. The molecule has 0 aromatic heterocycles. The average molecular weight is 197 g/mol. The Kier molecular flexibility index (Phi) is 6.25. The van der Waals surface area contributed by atoms with Crippen molar-refractivity contribution in [1.29, 1.82) is 0 Å². The summed E-state index contributed by atoms with van der Waals surface area (Å²) in [6.07, 6.45) is 13.0. The first-order valence-electron chi connectivity index (χ1n) is 6.55. The van der Waals surface area contributed by atoms with Gasteiger partial charge in [0.25, 0.3) is 0 Å². The van der Waals surface area contributed by atoms with Gasteiger partial charge < -0.3 is 5.32 Å². The van der Waals surface area contributed by atoms with Crippen LogP contribution in [0.4, 0.5) is 0 Å². The molecule has 0 spiro atoms. The Hall–Kier alpha value is -0.0400. The quantitative estimate of drug-likeness (QED) is 0.613. The lowest BCUT2D eigenvalue weighted by Gasteiger charge is -2.18. The lowest BCUT2D eigenvalue weighted by Crippen LogP contribution is -2.28. The van der Waals surface area contributed by atoms with Crippen molar-refractivity contribution in [3.8, 4) is 0 Å². The molecule has 1 saturated carbocycles. The molecule has 1 heteroatoms. The molecule has 0 bridgehead atoms. The summed E-state index contributed by atoms with van der Waals surface area (Å²) in [5.41, 5.74) is 0. The largest absolute Gasteiger partial charge is 0.317 e. The second-order valence-electron chi connectivity index (χ2n) is 4.79. The molecule has 0 aromatic carbocycles. The average Bonchev–Trinajstić information content (AvgIpc) is 2.65. The Morgan fingerprint density at radius 2 is 1.86 bits per heavy atom. The molecule has 0 saturated heterocycles. The number of nitrogens with one attached hydrogen (secondary N) is 1. The number of unbranched alkanes of at least 4 members (excludes halogenated alkanes) is 4. The fraction of sp³-hybridized carbons (Fsp3) is 1.00. The van der Waals surface area contributed by atoms with E-state index in [9.17, 15) is 0 Å². The van der Waals surface area contributed by atoms with Crippen LogP contribution in [-0.4, -0.2) is 13.1 Å². The van der Waals surface area contributed by atoms with Gasteiger partial charge in [-0.05, 0) is 32.2 Å². The molecule has 0 aliphatic heterocycles. The normalized spacial score (nSPS) is 27.0. The molecular weight excluding hydrogens is 170 g/mol. The maximum Gasteiger partial charge on any atom is 0.00923 e. The SMILES string of the molecule is CCCCCCCC1CCCC1NC. The summed E-state index contributed by atoms with van der Waals surface area (Å²) in [6, 6.07) is 0.834. The van der Waals surface area contributed by atoms with Crippen LogP contribution in [0.5, 0.6) is 0 Å². The van der Waals surface area contributed by atoms with Gasteiger partial charge in [0.2, 0.25) is 0 Å². The van der Waals surface area contributed by atoms with Crippen molar-refractivity contribution in [3.63, 3.8) is 0 Å². The zero-order chi connectivity index (χ0) is 10.2. The highest BCUT2D eigenvalue weighted by molar-refractivity contribution is 4.81. The van der Waals surface area contributed by atoms with Gasteiger partial charge in [-0.3, -0.25) is 0 Å². The minimum atomic E-state index is 0.834. The minimum Gasteiger partial charge on any atom is -0.317 e. The monoisotopic (exact) mass is 197 g/mol. The van der Waals surface area contributed by atoms with Crippen LogP contribution in [0, 0.1) is 5.92 Å². The van der Waals surface area contributed by atoms with Crippen molar-refractivity contribution in [2.75, 3.05) is 7.05 Å². The maximum atomic E-state index is 3.47. The van der Waals surface area contributed by atoms with Crippen LogP contribution in [0.15, 0.2) is 0 Å². The molecule has 14 heavy (non-hydrogen) atoms. The highest BCUT2D eigenvalue weighted by atomic mass is 14.9. The van der Waals surface area contributed by atoms with Crippen LogP contribution in [-0.2, 0) is 0 Å². The second kappa shape index (κ2) is 7.28. The highest BCUT2D eigenvalue weighted by Gasteiger charge is 2.24. The van der Waals surface area contributed by atoms with Crippen molar-refractivity contribution >= 4 is 0 Å². The van der Waals surface area contributed by atoms with E-state index in [-0.39, 0.29) is 0 Å². The van der Waals surface area contributed by atoms with E-state index in [1.165, 1.54) is 57.8 Å². The van der Waals surface area contributed by atoms with Crippen molar-refractivity contribution in [1.82, 2.24) is 5.32 Å². The van der Waals surface area contributed by atoms with E-state index in [1.807, 2.05) is 0 Å². The zero-order valence-corrected chi connectivity index (χ0v) is 10.0. The molecule has 0 amide bonds. The zero-order valence-electron chi connectivity index (χ0n) is 10.0. The van der Waals surface area contributed by atoms with Crippen LogP contribution in [0.2, 0.25) is 0 Å². The van der Waals surface area contributed by atoms with E-state index in [0.29, 0.717) is 0 Å². The molecule has 1 N–H and O–H groups in total. The van der Waals surface area contributed by atoms with E-state index in [1.54, 1.807) is 0 Å². The van der Waals surface area contributed by atoms with Crippen molar-refractivity contribution < 1.29 is 0 Å². The van der Waals surface area contributed by atoms with Crippen molar-refractivity contribution in [2.24, 2.45) is 5.92 Å². The Labute approximate surface area is 89.7 Å². The van der Waals surface area contributed by atoms with Crippen LogP contribution in [0.3, 0.4) is 0 Å². The topological polar surface area (TPSA) is 12.0 Å². The number of rotatable bonds is 7. The van der Waals surface area contributed by atoms with Crippen LogP contribution in [0.25, 0.3) is 0 Å². The number of hydrogen-bond donors (Lipinski definition) is 1. The number of hydrogen-bond acceptors (Lipinski definition) is 1. The Bertz CT molecular complexity index is 133. The summed E-state index contributed by atoms with van der Waals surface area (Å²) < 4.78 is 0. The standard InChI is InChI=1S/C13H27N/c1-3-4-5-6-7-9-12-10-8-11-13(12)14-2/h12-14H,3-11H2,1-2H3. The first kappa shape index (κ1) is 12.0. The van der Waals surface area contributed by atoms with E-state index in [0.717, 1.165) is 12.0 Å². The summed E-state index contributed by atoms with van der Waals surface area (Å²) in [4.78, 5) is 0. The van der Waals surface area contributed by atoms with E-state index in [4.69, 9.17) is 0 Å². The first-order chi connectivity index (χ1) is 6.88. The van der Waals surface area contributed by atoms with E-state index >= 15 is 0 Å². The van der Waals surface area contributed by atoms with Gasteiger partial charge in [0.15, 0.2) is 0 Å². The van der Waals surface area contributed by atoms with Gasteiger partial charge in [-0.25, -0.2) is 0 Å². The summed E-state index contributed by atoms with van der Waals surface area (Å²) in [5, 5.41) is 3.47. The molecule has 0 radical (unpaired) electrons. The summed E-state index contributed by atoms with van der Waals surface area (Å²) >= 11 is 0. The first-order valence-corrected chi connectivity index (χ1v) is 6.55. The predicted octanol–water partition coefficient (Wildman–Crippen LogP) is 3.74. The Morgan fingerprint density at radius 3 is 2.57 bits per heavy atom. The second-order valence-corrected chi connectivity index (χ2v) is 4.79. The van der Waals surface area contributed by atoms with Gasteiger partial charge in [-0.15, -0.1) is 0 Å². The minimum absolute atomic E-state index is 0.834. The lowest BCUT2D eigenvalue weighted by molar-refractivity contribution is 0.383. The Balaban J connectivity index is 2.00. The molecule has 84 valence electrons. The van der Waals surface area contributed by atoms with Gasteiger partial charge in [-0.2, -0.15) is 0 Å². The highest BCUT2D eigenvalue weighted by Crippen LogP contribution is 2.29. The van der Waals surface area contributed by atoms with E-state index < -0.39 is 0 Å². The third-order valence-corrected chi connectivity index (χ3v) is 3.71. The molecule has 0 heterocycles. The predicted molar refractivity (Wildman–Crippen MR) is 63.6 cm³/mol. The lowest BCUT2D eigenvalue weighted by atomic mass is 9.96. The summed E-state index contributed by atoms with van der Waals surface area (Å²) in [6.45, 7) is 2.29. The smallest absolute Gasteiger partial charge is 0.00923 e. The molecule has 1 aliphatic carbocycles. The fourth-order valence-electron chi connectivity index (χ4n) is 2.77. The summed E-state index contributed by atoms with van der Waals surface area (Å²) in [5.74, 6) is 0.988. The van der Waals surface area contributed by atoms with Crippen molar-refractivity contribution in [3.05, 3.63) is 0 Å². The molecule has 2 atom stereocenters. The summed E-state index contributed by atoms with van der Waals surface area (Å²) in [7, 11) is 2.13. The van der Waals surface area contributed by atoms with Crippen LogP contribution >= 0.6 is 0 Å². The Morgan fingerprint density at radius 1 is 1.07 bits per heavy atom. The van der Waals surface area contributed by atoms with E-state index in [2.05, 4.69) is 19.3 Å². The van der Waals surface area contributed by atoms with Crippen LogP contribution in [0.1, 0.15) is 64.7 Å². The van der Waals surface area contributed by atoms with Gasteiger partial charge in [0.1, 0.15) is 0 Å². The molecule has 1 rings (SSSR count). The fourth-order valence-corrected chi connectivity index (χ4v) is 2.77. The third-order valence-electron chi connectivity index (χ3n) is 3.71. The van der Waals surface area contributed by atoms with Gasteiger partial charge >= 0.3 is 0 Å². The van der Waals surface area contributed by atoms with Crippen molar-refractivity contribution in [2.45, 2.75) is 70.8 Å². The van der Waals surface area contributed by atoms with Crippen LogP contribution < -0.4 is 5.32 Å². The molecule has 1 aliphatic rings.